The van der Waals surface area contributed by atoms with Crippen LogP contribution in [0.4, 0.5) is 0 Å². The number of likely N-dealkylation sites (tertiary alicyclic amines) is 1. The molecule has 0 unspecified atom stereocenters. The number of amides is 2. The number of carbonyl (C=O) groups excluding carboxylic acids is 3. The maximum atomic E-state index is 12.3. The van der Waals surface area contributed by atoms with Crippen molar-refractivity contribution in [2.24, 2.45) is 11.8 Å². The van der Waals surface area contributed by atoms with Crippen LogP contribution in [0, 0.1) is 11.8 Å². The number of hydrogen-bond donors (Lipinski definition) is 0. The van der Waals surface area contributed by atoms with E-state index in [0.29, 0.717) is 5.02 Å². The Balaban J connectivity index is 1.57. The smallest absolute Gasteiger partial charge is 0.312 e. The van der Waals surface area contributed by atoms with Crippen molar-refractivity contribution in [1.82, 2.24) is 4.90 Å². The first-order valence-electron chi connectivity index (χ1n) is 7.98. The first-order valence-corrected chi connectivity index (χ1v) is 8.74. The van der Waals surface area contributed by atoms with Gasteiger partial charge in [-0.2, -0.15) is 0 Å². The molecule has 0 radical (unpaired) electrons. The number of imide groups is 1. The second-order valence-corrected chi connectivity index (χ2v) is 6.94. The molecular formula is C17H17Cl2NO4. The monoisotopic (exact) mass is 369 g/mol. The van der Waals surface area contributed by atoms with Gasteiger partial charge >= 0.3 is 5.97 Å². The molecule has 1 aromatic rings. The number of carbonyl (C=O) groups is 3. The van der Waals surface area contributed by atoms with Crippen molar-refractivity contribution in [1.29, 1.82) is 0 Å². The largest absolute Gasteiger partial charge is 0.426 e. The minimum atomic E-state index is -0.524. The topological polar surface area (TPSA) is 63.7 Å². The van der Waals surface area contributed by atoms with Gasteiger partial charge in [-0.05, 0) is 25.0 Å². The highest BCUT2D eigenvalue weighted by Crippen LogP contribution is 2.38. The second kappa shape index (κ2) is 7.11. The third-order valence-electron chi connectivity index (χ3n) is 4.59. The molecule has 5 nitrogen and oxygen atoms in total. The molecule has 0 bridgehead atoms. The standard InChI is InChI=1S/C17H17Cl2NO4/c18-13-6-5-10(9-14(13)19)24-15(21)7-8-20-16(22)11-3-1-2-4-12(11)17(20)23/h5-6,9,11-12H,1-4,7-8H2/t11-,12-/m0/s1. The summed E-state index contributed by atoms with van der Waals surface area (Å²) in [5.41, 5.74) is 0. The van der Waals surface area contributed by atoms with E-state index in [1.165, 1.54) is 23.1 Å². The number of nitrogens with zero attached hydrogens (tertiary/aromatic N) is 1. The summed E-state index contributed by atoms with van der Waals surface area (Å²) < 4.78 is 5.17. The zero-order chi connectivity index (χ0) is 17.3. The summed E-state index contributed by atoms with van der Waals surface area (Å²) in [4.78, 5) is 37.8. The molecule has 1 aromatic carbocycles. The van der Waals surface area contributed by atoms with Crippen molar-refractivity contribution in [3.63, 3.8) is 0 Å². The Morgan fingerprint density at radius 1 is 1.08 bits per heavy atom. The minimum Gasteiger partial charge on any atom is -0.426 e. The van der Waals surface area contributed by atoms with E-state index in [1.54, 1.807) is 0 Å². The predicted molar refractivity (Wildman–Crippen MR) is 88.9 cm³/mol. The number of ether oxygens (including phenoxy) is 1. The SMILES string of the molecule is O=C(CCN1C(=O)[C@H]2CCCC[C@@H]2C1=O)Oc1ccc(Cl)c(Cl)c1. The maximum absolute atomic E-state index is 12.3. The van der Waals surface area contributed by atoms with E-state index in [9.17, 15) is 14.4 Å². The molecule has 3 rings (SSSR count). The summed E-state index contributed by atoms with van der Waals surface area (Å²) in [5, 5.41) is 0.656. The van der Waals surface area contributed by atoms with Crippen molar-refractivity contribution < 1.29 is 19.1 Å². The average Bonchev–Trinajstić information content (AvgIpc) is 2.81. The van der Waals surface area contributed by atoms with Crippen LogP contribution in [0.3, 0.4) is 0 Å². The third-order valence-corrected chi connectivity index (χ3v) is 5.33. The summed E-state index contributed by atoms with van der Waals surface area (Å²) in [6, 6.07) is 4.51. The fourth-order valence-corrected chi connectivity index (χ4v) is 3.67. The molecule has 1 saturated carbocycles. The highest BCUT2D eigenvalue weighted by Gasteiger charge is 2.47. The van der Waals surface area contributed by atoms with Crippen LogP contribution in [0.25, 0.3) is 0 Å². The highest BCUT2D eigenvalue weighted by molar-refractivity contribution is 6.42. The lowest BCUT2D eigenvalue weighted by atomic mass is 9.81. The van der Waals surface area contributed by atoms with Gasteiger partial charge in [-0.15, -0.1) is 0 Å². The van der Waals surface area contributed by atoms with Gasteiger partial charge in [-0.25, -0.2) is 0 Å². The van der Waals surface area contributed by atoms with Gasteiger partial charge in [0.25, 0.3) is 0 Å². The maximum Gasteiger partial charge on any atom is 0.312 e. The molecule has 0 N–H and O–H groups in total. The molecule has 128 valence electrons. The van der Waals surface area contributed by atoms with Crippen molar-refractivity contribution >= 4 is 41.0 Å². The second-order valence-electron chi connectivity index (χ2n) is 6.13. The molecule has 2 fully saturated rings. The summed E-state index contributed by atoms with van der Waals surface area (Å²) in [5.74, 6) is -0.931. The van der Waals surface area contributed by atoms with E-state index in [2.05, 4.69) is 0 Å². The number of benzene rings is 1. The Hall–Kier alpha value is -1.59. The molecule has 1 aliphatic carbocycles. The van der Waals surface area contributed by atoms with E-state index in [1.807, 2.05) is 0 Å². The molecular weight excluding hydrogens is 353 g/mol. The Morgan fingerprint density at radius 3 is 2.29 bits per heavy atom. The molecule has 1 heterocycles. The summed E-state index contributed by atoms with van der Waals surface area (Å²) >= 11 is 11.7. The first kappa shape index (κ1) is 17.2. The summed E-state index contributed by atoms with van der Waals surface area (Å²) in [6.07, 6.45) is 3.44. The summed E-state index contributed by atoms with van der Waals surface area (Å²) in [6.45, 7) is 0.0603. The van der Waals surface area contributed by atoms with Gasteiger partial charge in [0.2, 0.25) is 11.8 Å². The fraction of sp³-hybridized carbons (Fsp3) is 0.471. The number of rotatable bonds is 4. The average molecular weight is 370 g/mol. The van der Waals surface area contributed by atoms with Crippen molar-refractivity contribution in [3.8, 4) is 5.75 Å². The first-order chi connectivity index (χ1) is 11.5. The van der Waals surface area contributed by atoms with Crippen LogP contribution in [0.5, 0.6) is 5.75 Å². The summed E-state index contributed by atoms with van der Waals surface area (Å²) in [7, 11) is 0. The van der Waals surface area contributed by atoms with Gasteiger partial charge in [0, 0.05) is 12.6 Å². The van der Waals surface area contributed by atoms with Gasteiger partial charge in [-0.3, -0.25) is 19.3 Å². The lowest BCUT2D eigenvalue weighted by Gasteiger charge is -2.19. The lowest BCUT2D eigenvalue weighted by Crippen LogP contribution is -2.33. The highest BCUT2D eigenvalue weighted by atomic mass is 35.5. The number of hydrogen-bond acceptors (Lipinski definition) is 4. The van der Waals surface area contributed by atoms with Crippen LogP contribution in [-0.2, 0) is 14.4 Å². The molecule has 24 heavy (non-hydrogen) atoms. The normalized spacial score (nSPS) is 23.3. The van der Waals surface area contributed by atoms with Crippen LogP contribution in [-0.4, -0.2) is 29.2 Å². The minimum absolute atomic E-state index is 0.0445. The third kappa shape index (κ3) is 3.42. The molecule has 0 spiro atoms. The number of halogens is 2. The van der Waals surface area contributed by atoms with Crippen LogP contribution in [0.15, 0.2) is 18.2 Å². The van der Waals surface area contributed by atoms with Gasteiger partial charge in [0.1, 0.15) is 5.75 Å². The van der Waals surface area contributed by atoms with E-state index in [0.717, 1.165) is 25.7 Å². The quantitative estimate of drug-likeness (QED) is 0.463. The zero-order valence-electron chi connectivity index (χ0n) is 13.0. The van der Waals surface area contributed by atoms with Gasteiger partial charge in [0.05, 0.1) is 28.3 Å². The molecule has 1 aliphatic heterocycles. The van der Waals surface area contributed by atoms with Crippen LogP contribution >= 0.6 is 23.2 Å². The van der Waals surface area contributed by atoms with Crippen LogP contribution < -0.4 is 4.74 Å². The van der Waals surface area contributed by atoms with Crippen molar-refractivity contribution in [3.05, 3.63) is 28.2 Å². The lowest BCUT2D eigenvalue weighted by molar-refractivity contribution is -0.141. The van der Waals surface area contributed by atoms with Crippen molar-refractivity contribution in [2.45, 2.75) is 32.1 Å². The molecule has 2 amide bonds. The fourth-order valence-electron chi connectivity index (χ4n) is 3.38. The van der Waals surface area contributed by atoms with Gasteiger partial charge in [0.15, 0.2) is 0 Å². The van der Waals surface area contributed by atoms with Crippen LogP contribution in [0.2, 0.25) is 10.0 Å². The molecule has 2 aliphatic rings. The molecule has 0 aromatic heterocycles. The number of fused-ring (bicyclic) bond motifs is 1. The Labute approximate surface area is 149 Å². The van der Waals surface area contributed by atoms with E-state index in [-0.39, 0.29) is 47.4 Å². The number of esters is 1. The van der Waals surface area contributed by atoms with Gasteiger partial charge in [-0.1, -0.05) is 36.0 Å². The Kier molecular flexibility index (Phi) is 5.11. The Bertz CT molecular complexity index is 667. The van der Waals surface area contributed by atoms with E-state index < -0.39 is 5.97 Å². The van der Waals surface area contributed by atoms with Crippen LogP contribution in [0.1, 0.15) is 32.1 Å². The van der Waals surface area contributed by atoms with Crippen molar-refractivity contribution in [2.75, 3.05) is 6.54 Å². The molecule has 2 atom stereocenters. The van der Waals surface area contributed by atoms with Gasteiger partial charge < -0.3 is 4.74 Å². The Morgan fingerprint density at radius 2 is 1.71 bits per heavy atom. The zero-order valence-corrected chi connectivity index (χ0v) is 14.5. The van der Waals surface area contributed by atoms with E-state index in [4.69, 9.17) is 27.9 Å². The molecule has 1 saturated heterocycles. The predicted octanol–water partition coefficient (Wildman–Crippen LogP) is 3.46. The molecule has 7 heteroatoms. The van der Waals surface area contributed by atoms with E-state index >= 15 is 0 Å².